The third kappa shape index (κ3) is 8.15. The van der Waals surface area contributed by atoms with E-state index in [1.165, 1.54) is 0 Å². The van der Waals surface area contributed by atoms with Gasteiger partial charge in [0.2, 0.25) is 0 Å². The Morgan fingerprint density at radius 1 is 1.05 bits per heavy atom. The maximum atomic E-state index is 10.5. The molecule has 0 aromatic carbocycles. The molecule has 1 fully saturated rings. The molecule has 1 rings (SSSR count). The Bertz CT molecular complexity index is 243. The largest absolute Gasteiger partial charge is 0.481 e. The number of ether oxygens (including phenoxy) is 2. The van der Waals surface area contributed by atoms with Crippen LogP contribution in [0.5, 0.6) is 0 Å². The summed E-state index contributed by atoms with van der Waals surface area (Å²) in [5.41, 5.74) is 0. The Morgan fingerprint density at radius 3 is 2.26 bits per heavy atom. The number of piperazine rings is 1. The summed E-state index contributed by atoms with van der Waals surface area (Å²) in [6.07, 6.45) is 1.28. The van der Waals surface area contributed by atoms with Crippen molar-refractivity contribution in [1.29, 1.82) is 0 Å². The minimum Gasteiger partial charge on any atom is -0.481 e. The molecule has 0 aromatic heterocycles. The Morgan fingerprint density at radius 2 is 1.68 bits per heavy atom. The maximum Gasteiger partial charge on any atom is 0.304 e. The summed E-state index contributed by atoms with van der Waals surface area (Å²) in [5, 5.41) is 8.64. The highest BCUT2D eigenvalue weighted by Crippen LogP contribution is 2.03. The fourth-order valence-corrected chi connectivity index (χ4v) is 2.12. The average Bonchev–Trinajstić information content (AvgIpc) is 2.41. The van der Waals surface area contributed by atoms with Gasteiger partial charge in [-0.1, -0.05) is 0 Å². The minimum absolute atomic E-state index is 0.243. The van der Waals surface area contributed by atoms with E-state index in [4.69, 9.17) is 14.6 Å². The molecule has 0 aliphatic carbocycles. The van der Waals surface area contributed by atoms with Gasteiger partial charge in [-0.05, 0) is 6.42 Å². The van der Waals surface area contributed by atoms with Crippen LogP contribution in [0, 0.1) is 0 Å². The van der Waals surface area contributed by atoms with Crippen molar-refractivity contribution in [3.63, 3.8) is 0 Å². The smallest absolute Gasteiger partial charge is 0.304 e. The van der Waals surface area contributed by atoms with Crippen LogP contribution in [-0.2, 0) is 14.3 Å². The number of methoxy groups -OCH3 is 1. The molecule has 0 amide bonds. The average molecular weight is 274 g/mol. The van der Waals surface area contributed by atoms with Crippen LogP contribution < -0.4 is 0 Å². The first kappa shape index (κ1) is 16.4. The Labute approximate surface area is 115 Å². The number of aliphatic carboxylic acids is 1. The van der Waals surface area contributed by atoms with Crippen LogP contribution in [0.4, 0.5) is 0 Å². The van der Waals surface area contributed by atoms with E-state index in [0.29, 0.717) is 19.8 Å². The molecule has 0 spiro atoms. The summed E-state index contributed by atoms with van der Waals surface area (Å²) in [4.78, 5) is 15.1. The second kappa shape index (κ2) is 10.1. The van der Waals surface area contributed by atoms with Crippen molar-refractivity contribution in [3.05, 3.63) is 0 Å². The lowest BCUT2D eigenvalue weighted by Gasteiger charge is -2.34. The summed E-state index contributed by atoms with van der Waals surface area (Å²) in [6.45, 7) is 7.82. The first-order valence-corrected chi connectivity index (χ1v) is 6.95. The van der Waals surface area contributed by atoms with Gasteiger partial charge in [-0.15, -0.1) is 0 Å². The highest BCUT2D eigenvalue weighted by atomic mass is 16.5. The molecule has 0 radical (unpaired) electrons. The Hall–Kier alpha value is -0.690. The molecule has 1 aliphatic rings. The van der Waals surface area contributed by atoms with Gasteiger partial charge >= 0.3 is 5.97 Å². The molecule has 1 N–H and O–H groups in total. The second-order valence-electron chi connectivity index (χ2n) is 4.79. The van der Waals surface area contributed by atoms with E-state index < -0.39 is 5.97 Å². The van der Waals surface area contributed by atoms with Gasteiger partial charge in [-0.25, -0.2) is 0 Å². The zero-order valence-corrected chi connectivity index (χ0v) is 11.8. The normalized spacial score (nSPS) is 17.7. The SMILES string of the molecule is COCCOCCCN1CCN(CCC(=O)O)CC1. The van der Waals surface area contributed by atoms with E-state index >= 15 is 0 Å². The van der Waals surface area contributed by atoms with Gasteiger partial charge in [0.15, 0.2) is 0 Å². The number of carboxylic acid groups (broad SMARTS) is 1. The predicted octanol–water partition coefficient (Wildman–Crippen LogP) is 0.132. The molecule has 0 aromatic rings. The summed E-state index contributed by atoms with van der Waals surface area (Å²) < 4.78 is 10.3. The van der Waals surface area contributed by atoms with Crippen LogP contribution >= 0.6 is 0 Å². The first-order chi connectivity index (χ1) is 9.22. The van der Waals surface area contributed by atoms with Crippen LogP contribution in [0.1, 0.15) is 12.8 Å². The Kier molecular flexibility index (Phi) is 8.73. The molecule has 112 valence electrons. The zero-order valence-electron chi connectivity index (χ0n) is 11.8. The highest BCUT2D eigenvalue weighted by Gasteiger charge is 2.16. The molecule has 19 heavy (non-hydrogen) atoms. The van der Waals surface area contributed by atoms with Gasteiger partial charge in [0.1, 0.15) is 0 Å². The van der Waals surface area contributed by atoms with Gasteiger partial charge < -0.3 is 24.4 Å². The predicted molar refractivity (Wildman–Crippen MR) is 72.4 cm³/mol. The number of nitrogens with zero attached hydrogens (tertiary/aromatic N) is 2. The zero-order chi connectivity index (χ0) is 13.9. The van der Waals surface area contributed by atoms with Gasteiger partial charge in [0.25, 0.3) is 0 Å². The summed E-state index contributed by atoms with van der Waals surface area (Å²) in [6, 6.07) is 0. The van der Waals surface area contributed by atoms with E-state index in [2.05, 4.69) is 9.80 Å². The van der Waals surface area contributed by atoms with Crippen molar-refractivity contribution in [2.45, 2.75) is 12.8 Å². The van der Waals surface area contributed by atoms with Crippen LogP contribution in [0.2, 0.25) is 0 Å². The maximum absolute atomic E-state index is 10.5. The van der Waals surface area contributed by atoms with Crippen molar-refractivity contribution in [2.75, 3.05) is 66.2 Å². The van der Waals surface area contributed by atoms with Crippen molar-refractivity contribution >= 4 is 5.97 Å². The lowest BCUT2D eigenvalue weighted by Crippen LogP contribution is -2.47. The highest BCUT2D eigenvalue weighted by molar-refractivity contribution is 5.66. The van der Waals surface area contributed by atoms with Gasteiger partial charge in [-0.2, -0.15) is 0 Å². The quantitative estimate of drug-likeness (QED) is 0.571. The van der Waals surface area contributed by atoms with Crippen LogP contribution in [-0.4, -0.2) is 87.1 Å². The second-order valence-corrected chi connectivity index (χ2v) is 4.79. The molecule has 0 saturated carbocycles. The number of rotatable bonds is 10. The molecule has 0 bridgehead atoms. The van der Waals surface area contributed by atoms with Gasteiger partial charge in [-0.3, -0.25) is 4.79 Å². The van der Waals surface area contributed by atoms with Crippen LogP contribution in [0.15, 0.2) is 0 Å². The van der Waals surface area contributed by atoms with Crippen LogP contribution in [0.25, 0.3) is 0 Å². The third-order valence-electron chi connectivity index (χ3n) is 3.30. The first-order valence-electron chi connectivity index (χ1n) is 6.95. The number of carboxylic acids is 1. The molecule has 6 nitrogen and oxygen atoms in total. The lowest BCUT2D eigenvalue weighted by atomic mass is 10.2. The van der Waals surface area contributed by atoms with Crippen molar-refractivity contribution in [3.8, 4) is 0 Å². The molecule has 0 unspecified atom stereocenters. The number of hydrogen-bond acceptors (Lipinski definition) is 5. The molecule has 6 heteroatoms. The molecule has 1 heterocycles. The molecular weight excluding hydrogens is 248 g/mol. The van der Waals surface area contributed by atoms with Gasteiger partial charge in [0.05, 0.1) is 19.6 Å². The van der Waals surface area contributed by atoms with E-state index in [-0.39, 0.29) is 6.42 Å². The number of hydrogen-bond donors (Lipinski definition) is 1. The standard InChI is InChI=1S/C13H26N2O4/c1-18-11-12-19-10-2-4-14-6-8-15(9-7-14)5-3-13(16)17/h2-12H2,1H3,(H,16,17). The summed E-state index contributed by atoms with van der Waals surface area (Å²) >= 11 is 0. The van der Waals surface area contributed by atoms with Crippen molar-refractivity contribution in [1.82, 2.24) is 9.80 Å². The van der Waals surface area contributed by atoms with Gasteiger partial charge in [0, 0.05) is 53.0 Å². The number of carbonyl (C=O) groups is 1. The van der Waals surface area contributed by atoms with E-state index in [1.807, 2.05) is 0 Å². The van der Waals surface area contributed by atoms with E-state index in [0.717, 1.165) is 45.8 Å². The van der Waals surface area contributed by atoms with E-state index in [1.54, 1.807) is 7.11 Å². The van der Waals surface area contributed by atoms with E-state index in [9.17, 15) is 4.79 Å². The third-order valence-corrected chi connectivity index (χ3v) is 3.30. The monoisotopic (exact) mass is 274 g/mol. The summed E-state index contributed by atoms with van der Waals surface area (Å²) in [5.74, 6) is -0.712. The van der Waals surface area contributed by atoms with Crippen LogP contribution in [0.3, 0.4) is 0 Å². The molecule has 1 saturated heterocycles. The molecular formula is C13H26N2O4. The minimum atomic E-state index is -0.712. The lowest BCUT2D eigenvalue weighted by molar-refractivity contribution is -0.137. The molecule has 1 aliphatic heterocycles. The van der Waals surface area contributed by atoms with Crippen molar-refractivity contribution in [2.24, 2.45) is 0 Å². The Balaban J connectivity index is 1.96. The molecule has 0 atom stereocenters. The fraction of sp³-hybridized carbons (Fsp3) is 0.923. The fourth-order valence-electron chi connectivity index (χ4n) is 2.12. The summed E-state index contributed by atoms with van der Waals surface area (Å²) in [7, 11) is 1.67. The van der Waals surface area contributed by atoms with Crippen molar-refractivity contribution < 1.29 is 19.4 Å². The topological polar surface area (TPSA) is 62.2 Å².